The van der Waals surface area contributed by atoms with Gasteiger partial charge in [-0.3, -0.25) is 14.9 Å². The van der Waals surface area contributed by atoms with Gasteiger partial charge in [0.15, 0.2) is 11.6 Å². The fourth-order valence-electron chi connectivity index (χ4n) is 4.06. The minimum absolute atomic E-state index is 0.0944. The number of non-ortho nitro benzene ring substituents is 1. The van der Waals surface area contributed by atoms with Crippen LogP contribution in [-0.2, 0) is 4.79 Å². The van der Waals surface area contributed by atoms with Crippen molar-refractivity contribution in [1.29, 1.82) is 0 Å². The third-order valence-electron chi connectivity index (χ3n) is 6.11. The lowest BCUT2D eigenvalue weighted by molar-refractivity contribution is -0.384. The Morgan fingerprint density at radius 1 is 1.02 bits per heavy atom. The van der Waals surface area contributed by atoms with E-state index in [4.69, 9.17) is 9.72 Å². The van der Waals surface area contributed by atoms with E-state index in [1.807, 2.05) is 37.3 Å². The summed E-state index contributed by atoms with van der Waals surface area (Å²) in [6.45, 7) is 1.97. The van der Waals surface area contributed by atoms with Gasteiger partial charge in [0.05, 0.1) is 26.5 Å². The maximum absolute atomic E-state index is 13.5. The van der Waals surface area contributed by atoms with E-state index in [1.54, 1.807) is 36.4 Å². The van der Waals surface area contributed by atoms with Crippen molar-refractivity contribution in [3.8, 4) is 17.1 Å². The molecule has 4 aromatic carbocycles. The Bertz CT molecular complexity index is 1970. The lowest BCUT2D eigenvalue weighted by Crippen LogP contribution is -2.20. The molecule has 42 heavy (non-hydrogen) atoms. The molecule has 0 aliphatic heterocycles. The summed E-state index contributed by atoms with van der Waals surface area (Å²) in [6.07, 6.45) is 4.00. The maximum atomic E-state index is 13.5. The zero-order valence-electron chi connectivity index (χ0n) is 21.9. The van der Waals surface area contributed by atoms with Gasteiger partial charge < -0.3 is 4.74 Å². The van der Waals surface area contributed by atoms with Gasteiger partial charge in [0.1, 0.15) is 0 Å². The molecule has 0 bridgehead atoms. The minimum atomic E-state index is -0.718. The van der Waals surface area contributed by atoms with Crippen molar-refractivity contribution in [2.24, 2.45) is 5.10 Å². The Balaban J connectivity index is 1.53. The van der Waals surface area contributed by atoms with Crippen molar-refractivity contribution in [2.45, 2.75) is 6.92 Å². The van der Waals surface area contributed by atoms with Gasteiger partial charge in [-0.2, -0.15) is 9.78 Å². The average molecular weight is 688 g/mol. The average Bonchev–Trinajstić information content (AvgIpc) is 2.97. The number of aromatic nitrogens is 2. The number of carbonyl (C=O) groups excluding carboxylic acids is 1. The van der Waals surface area contributed by atoms with Crippen LogP contribution in [0.2, 0.25) is 0 Å². The number of nitro groups is 1. The Hall–Kier alpha value is -4.74. The summed E-state index contributed by atoms with van der Waals surface area (Å²) in [7, 11) is 0. The van der Waals surface area contributed by atoms with Gasteiger partial charge >= 0.3 is 5.97 Å². The summed E-state index contributed by atoms with van der Waals surface area (Å²) in [4.78, 5) is 41.5. The first-order valence-electron chi connectivity index (χ1n) is 12.5. The Kier molecular flexibility index (Phi) is 8.51. The van der Waals surface area contributed by atoms with E-state index in [0.29, 0.717) is 42.4 Å². The molecule has 0 spiro atoms. The van der Waals surface area contributed by atoms with Gasteiger partial charge in [0.25, 0.3) is 11.2 Å². The fraction of sp³-hybridized carbons (Fsp3) is 0.0323. The van der Waals surface area contributed by atoms with Crippen LogP contribution in [0.15, 0.2) is 110 Å². The standard InChI is InChI=1S/C31H20Br2N4O5/c1-19-9-12-21(13-10-19)30-35-27-8-3-2-7-25(27)31(39)36(30)34-18-22-16-23(32)17-26(33)29(22)42-28(38)14-11-20-5-4-6-24(15-20)37(40)41/h2-18H,1H3/b14-11+,34-18?. The number of carbonyl (C=O) groups is 1. The summed E-state index contributed by atoms with van der Waals surface area (Å²) >= 11 is 6.87. The molecule has 0 saturated heterocycles. The molecule has 0 radical (unpaired) electrons. The van der Waals surface area contributed by atoms with Gasteiger partial charge in [-0.25, -0.2) is 9.78 Å². The second-order valence-electron chi connectivity index (χ2n) is 9.09. The van der Waals surface area contributed by atoms with Crippen LogP contribution in [0.1, 0.15) is 16.7 Å². The first-order chi connectivity index (χ1) is 20.2. The van der Waals surface area contributed by atoms with Gasteiger partial charge in [0, 0.05) is 33.8 Å². The molecule has 1 aromatic heterocycles. The molecule has 5 aromatic rings. The Morgan fingerprint density at radius 2 is 1.79 bits per heavy atom. The molecule has 9 nitrogen and oxygen atoms in total. The van der Waals surface area contributed by atoms with E-state index in [1.165, 1.54) is 41.2 Å². The molecule has 0 aliphatic rings. The number of nitro benzene ring substituents is 1. The molecule has 0 saturated carbocycles. The van der Waals surface area contributed by atoms with Crippen LogP contribution in [-0.4, -0.2) is 26.8 Å². The number of para-hydroxylation sites is 1. The van der Waals surface area contributed by atoms with Crippen LogP contribution < -0.4 is 10.3 Å². The number of nitrogens with zero attached hydrogens (tertiary/aromatic N) is 4. The van der Waals surface area contributed by atoms with E-state index in [0.717, 1.165) is 5.56 Å². The van der Waals surface area contributed by atoms with Gasteiger partial charge in [-0.1, -0.05) is 70.0 Å². The maximum Gasteiger partial charge on any atom is 0.336 e. The van der Waals surface area contributed by atoms with Crippen LogP contribution in [0.4, 0.5) is 5.69 Å². The molecule has 0 aliphatic carbocycles. The number of rotatable bonds is 7. The topological polar surface area (TPSA) is 117 Å². The largest absolute Gasteiger partial charge is 0.421 e. The van der Waals surface area contributed by atoms with Crippen molar-refractivity contribution < 1.29 is 14.5 Å². The van der Waals surface area contributed by atoms with Crippen LogP contribution in [0, 0.1) is 17.0 Å². The number of hydrogen-bond donors (Lipinski definition) is 0. The van der Waals surface area contributed by atoms with Gasteiger partial charge in [-0.15, -0.1) is 0 Å². The Morgan fingerprint density at radius 3 is 2.55 bits per heavy atom. The highest BCUT2D eigenvalue weighted by atomic mass is 79.9. The molecule has 0 atom stereocenters. The summed E-state index contributed by atoms with van der Waals surface area (Å²) in [5, 5.41) is 15.9. The lowest BCUT2D eigenvalue weighted by atomic mass is 10.1. The zero-order valence-corrected chi connectivity index (χ0v) is 25.1. The summed E-state index contributed by atoms with van der Waals surface area (Å²) < 4.78 is 7.97. The van der Waals surface area contributed by atoms with Crippen LogP contribution in [0.3, 0.4) is 0 Å². The number of benzene rings is 4. The summed E-state index contributed by atoms with van der Waals surface area (Å²) in [6, 6.07) is 23.9. The molecule has 11 heteroatoms. The van der Waals surface area contributed by atoms with Gasteiger partial charge in [0.2, 0.25) is 0 Å². The summed E-state index contributed by atoms with van der Waals surface area (Å²) in [5.41, 5.74) is 2.70. The van der Waals surface area contributed by atoms with E-state index in [9.17, 15) is 19.7 Å². The highest BCUT2D eigenvalue weighted by molar-refractivity contribution is 9.11. The third kappa shape index (κ3) is 6.42. The second kappa shape index (κ2) is 12.4. The lowest BCUT2D eigenvalue weighted by Gasteiger charge is -2.11. The molecule has 208 valence electrons. The quantitative estimate of drug-likeness (QED) is 0.0443. The molecular weight excluding hydrogens is 668 g/mol. The van der Waals surface area contributed by atoms with Crippen molar-refractivity contribution in [2.75, 3.05) is 0 Å². The predicted octanol–water partition coefficient (Wildman–Crippen LogP) is 7.31. The smallest absolute Gasteiger partial charge is 0.336 e. The van der Waals surface area contributed by atoms with E-state index < -0.39 is 10.9 Å². The second-order valence-corrected chi connectivity index (χ2v) is 10.9. The fourth-order valence-corrected chi connectivity index (χ4v) is 5.40. The number of hydrogen-bond acceptors (Lipinski definition) is 7. The SMILES string of the molecule is Cc1ccc(-c2nc3ccccc3c(=O)n2N=Cc2cc(Br)cc(Br)c2OC(=O)/C=C/c2cccc([N+](=O)[O-])c2)cc1. The van der Waals surface area contributed by atoms with Crippen LogP contribution >= 0.6 is 31.9 Å². The summed E-state index contributed by atoms with van der Waals surface area (Å²) in [5.74, 6) is -0.208. The molecule has 5 rings (SSSR count). The number of halogens is 2. The van der Waals surface area contributed by atoms with Crippen LogP contribution in [0.5, 0.6) is 5.75 Å². The number of fused-ring (bicyclic) bond motifs is 1. The number of aryl methyl sites for hydroxylation is 1. The van der Waals surface area contributed by atoms with E-state index >= 15 is 0 Å². The highest BCUT2D eigenvalue weighted by Crippen LogP contribution is 2.32. The molecular formula is C31H20Br2N4O5. The predicted molar refractivity (Wildman–Crippen MR) is 169 cm³/mol. The van der Waals surface area contributed by atoms with Gasteiger partial charge in [-0.05, 0) is 58.8 Å². The first-order valence-corrected chi connectivity index (χ1v) is 14.0. The van der Waals surface area contributed by atoms with Crippen molar-refractivity contribution >= 4 is 66.7 Å². The van der Waals surface area contributed by atoms with Crippen LogP contribution in [0.25, 0.3) is 28.4 Å². The number of ether oxygens (including phenoxy) is 1. The molecule has 1 heterocycles. The van der Waals surface area contributed by atoms with E-state index in [2.05, 4.69) is 37.0 Å². The highest BCUT2D eigenvalue weighted by Gasteiger charge is 2.15. The molecule has 0 N–H and O–H groups in total. The van der Waals surface area contributed by atoms with E-state index in [-0.39, 0.29) is 17.0 Å². The Labute approximate surface area is 256 Å². The molecule has 0 unspecified atom stereocenters. The first kappa shape index (κ1) is 28.8. The third-order valence-corrected chi connectivity index (χ3v) is 7.16. The van der Waals surface area contributed by atoms with Crippen molar-refractivity contribution in [3.63, 3.8) is 0 Å². The monoisotopic (exact) mass is 686 g/mol. The minimum Gasteiger partial charge on any atom is -0.421 e. The molecule has 0 amide bonds. The number of esters is 1. The normalized spacial score (nSPS) is 11.4. The van der Waals surface area contributed by atoms with Crippen molar-refractivity contribution in [1.82, 2.24) is 9.66 Å². The molecule has 0 fully saturated rings. The zero-order chi connectivity index (χ0) is 29.8. The van der Waals surface area contributed by atoms with Crippen molar-refractivity contribution in [3.05, 3.63) is 137 Å².